The molecule has 234 valence electrons. The van der Waals surface area contributed by atoms with E-state index in [0.717, 1.165) is 24.0 Å². The average Bonchev–Trinajstić information content (AvgIpc) is 3.58. The summed E-state index contributed by atoms with van der Waals surface area (Å²) in [6.07, 6.45) is -1.12. The molecule has 11 nitrogen and oxygen atoms in total. The molecular weight excluding hydrogens is 575 g/mol. The van der Waals surface area contributed by atoms with Gasteiger partial charge in [0, 0.05) is 44.9 Å². The summed E-state index contributed by atoms with van der Waals surface area (Å²) in [6.45, 7) is 4.13. The van der Waals surface area contributed by atoms with E-state index in [0.29, 0.717) is 23.9 Å². The second-order valence-corrected chi connectivity index (χ2v) is 11.0. The van der Waals surface area contributed by atoms with Gasteiger partial charge in [-0.15, -0.1) is 0 Å². The maximum absolute atomic E-state index is 14.6. The molecule has 2 aromatic carbocycles. The number of hydrogen-bond acceptors (Lipinski definition) is 9. The molecule has 2 aliphatic heterocycles. The minimum absolute atomic E-state index is 0.163. The van der Waals surface area contributed by atoms with Crippen molar-refractivity contribution in [2.75, 3.05) is 13.2 Å². The second kappa shape index (κ2) is 13.5. The van der Waals surface area contributed by atoms with Crippen molar-refractivity contribution in [3.63, 3.8) is 0 Å². The lowest BCUT2D eigenvalue weighted by Gasteiger charge is -2.41. The number of nitrogens with zero attached hydrogens (tertiary/aromatic N) is 2. The SMILES string of the molecule is CC(=O)O[C@@H]1[C@@H](OC(C)=O)[C@H](OC(C)=O)CO[C@H]1n1cc(CC2CCCN2C(=O)OCc2ccccc2)c2ccc(F)cc21. The number of halogens is 1. The Kier molecular flexibility index (Phi) is 9.48. The molecule has 1 unspecified atom stereocenters. The quantitative estimate of drug-likeness (QED) is 0.269. The van der Waals surface area contributed by atoms with E-state index in [4.69, 9.17) is 23.7 Å². The van der Waals surface area contributed by atoms with Gasteiger partial charge in [0.15, 0.2) is 24.5 Å². The van der Waals surface area contributed by atoms with Gasteiger partial charge in [0.1, 0.15) is 12.4 Å². The summed E-state index contributed by atoms with van der Waals surface area (Å²) in [5.74, 6) is -2.48. The molecule has 5 atom stereocenters. The third-order valence-corrected chi connectivity index (χ3v) is 7.75. The van der Waals surface area contributed by atoms with Crippen LogP contribution in [0, 0.1) is 5.82 Å². The third-order valence-electron chi connectivity index (χ3n) is 7.75. The monoisotopic (exact) mass is 610 g/mol. The Bertz CT molecular complexity index is 1520. The van der Waals surface area contributed by atoms with E-state index in [1.54, 1.807) is 21.7 Å². The van der Waals surface area contributed by atoms with Gasteiger partial charge < -0.3 is 33.2 Å². The molecule has 2 saturated heterocycles. The Morgan fingerprint density at radius 2 is 1.64 bits per heavy atom. The molecule has 2 aliphatic rings. The van der Waals surface area contributed by atoms with Crippen molar-refractivity contribution in [1.82, 2.24) is 9.47 Å². The Morgan fingerprint density at radius 3 is 2.34 bits per heavy atom. The molecule has 2 fully saturated rings. The van der Waals surface area contributed by atoms with Crippen molar-refractivity contribution in [3.05, 3.63) is 71.7 Å². The Hall–Kier alpha value is -4.45. The number of likely N-dealkylation sites (tertiary alicyclic amines) is 1. The molecule has 1 aromatic heterocycles. The number of carbonyl (C=O) groups excluding carboxylic acids is 4. The van der Waals surface area contributed by atoms with Crippen LogP contribution in [0.2, 0.25) is 0 Å². The minimum Gasteiger partial charge on any atom is -0.456 e. The number of carbonyl (C=O) groups is 4. The van der Waals surface area contributed by atoms with Crippen LogP contribution >= 0.6 is 0 Å². The smallest absolute Gasteiger partial charge is 0.410 e. The van der Waals surface area contributed by atoms with Gasteiger partial charge in [0.25, 0.3) is 0 Å². The summed E-state index contributed by atoms with van der Waals surface area (Å²) in [4.78, 5) is 50.8. The number of fused-ring (bicyclic) bond motifs is 1. The van der Waals surface area contributed by atoms with Crippen LogP contribution in [0.25, 0.3) is 10.9 Å². The van der Waals surface area contributed by atoms with Crippen LogP contribution in [0.15, 0.2) is 54.7 Å². The number of hydrogen-bond donors (Lipinski definition) is 0. The molecule has 0 saturated carbocycles. The molecule has 0 bridgehead atoms. The van der Waals surface area contributed by atoms with Crippen LogP contribution in [-0.4, -0.2) is 71.0 Å². The van der Waals surface area contributed by atoms with Crippen molar-refractivity contribution in [1.29, 1.82) is 0 Å². The molecule has 1 amide bonds. The Labute approximate surface area is 253 Å². The summed E-state index contributed by atoms with van der Waals surface area (Å²) in [7, 11) is 0. The maximum Gasteiger partial charge on any atom is 0.410 e. The van der Waals surface area contributed by atoms with Crippen molar-refractivity contribution in [3.8, 4) is 0 Å². The van der Waals surface area contributed by atoms with E-state index in [2.05, 4.69) is 0 Å². The fraction of sp³-hybridized carbons (Fsp3) is 0.438. The van der Waals surface area contributed by atoms with Crippen LogP contribution in [0.4, 0.5) is 9.18 Å². The molecule has 0 radical (unpaired) electrons. The summed E-state index contributed by atoms with van der Waals surface area (Å²) >= 11 is 0. The lowest BCUT2D eigenvalue weighted by Crippen LogP contribution is -2.55. The first kappa shape index (κ1) is 31.0. The number of benzene rings is 2. The Balaban J connectivity index is 1.44. The zero-order chi connectivity index (χ0) is 31.4. The predicted molar refractivity (Wildman–Crippen MR) is 154 cm³/mol. The number of ether oxygens (including phenoxy) is 5. The molecular formula is C32H35FN2O9. The Morgan fingerprint density at radius 1 is 0.932 bits per heavy atom. The molecule has 3 aromatic rings. The van der Waals surface area contributed by atoms with E-state index in [-0.39, 0.29) is 19.3 Å². The number of rotatable bonds is 8. The standard InChI is InChI=1S/C32H35FN2O9/c1-19(36)42-28-18-40-31(30(44-21(3)38)29(28)43-20(2)37)35-16-23(26-12-11-24(33)15-27(26)35)14-25-10-7-13-34(25)32(39)41-17-22-8-5-4-6-9-22/h4-6,8-9,11-12,15-16,25,28-31H,7,10,13-14,17-18H2,1-3H3/t25?,28-,29+,30-,31-/m1/s1. The van der Waals surface area contributed by atoms with Gasteiger partial charge in [0.05, 0.1) is 12.1 Å². The first-order chi connectivity index (χ1) is 21.1. The largest absolute Gasteiger partial charge is 0.456 e. The van der Waals surface area contributed by atoms with Crippen molar-refractivity contribution in [2.24, 2.45) is 0 Å². The summed E-state index contributed by atoms with van der Waals surface area (Å²) in [5.41, 5.74) is 2.15. The summed E-state index contributed by atoms with van der Waals surface area (Å²) in [6, 6.07) is 13.6. The second-order valence-electron chi connectivity index (χ2n) is 11.0. The van der Waals surface area contributed by atoms with Crippen LogP contribution in [-0.2, 0) is 51.1 Å². The fourth-order valence-corrected chi connectivity index (χ4v) is 5.98. The molecule has 0 N–H and O–H groups in total. The van der Waals surface area contributed by atoms with Crippen LogP contribution in [0.1, 0.15) is 51.0 Å². The molecule has 5 rings (SSSR count). The molecule has 0 spiro atoms. The van der Waals surface area contributed by atoms with Crippen LogP contribution in [0.5, 0.6) is 0 Å². The first-order valence-corrected chi connectivity index (χ1v) is 14.5. The van der Waals surface area contributed by atoms with Gasteiger partial charge in [-0.25, -0.2) is 9.18 Å². The summed E-state index contributed by atoms with van der Waals surface area (Å²) in [5, 5.41) is 0.715. The van der Waals surface area contributed by atoms with Crippen molar-refractivity contribution in [2.45, 2.75) is 77.2 Å². The highest BCUT2D eigenvalue weighted by molar-refractivity contribution is 5.84. The first-order valence-electron chi connectivity index (χ1n) is 14.5. The maximum atomic E-state index is 14.6. The highest BCUT2D eigenvalue weighted by Gasteiger charge is 2.48. The lowest BCUT2D eigenvalue weighted by atomic mass is 10.0. The normalized spacial score (nSPS) is 23.3. The molecule has 12 heteroatoms. The van der Waals surface area contributed by atoms with E-state index >= 15 is 0 Å². The van der Waals surface area contributed by atoms with Gasteiger partial charge in [-0.05, 0) is 48.6 Å². The van der Waals surface area contributed by atoms with Gasteiger partial charge in [0.2, 0.25) is 0 Å². The van der Waals surface area contributed by atoms with Crippen LogP contribution in [0.3, 0.4) is 0 Å². The van der Waals surface area contributed by atoms with Crippen molar-refractivity contribution >= 4 is 34.9 Å². The zero-order valence-corrected chi connectivity index (χ0v) is 24.8. The summed E-state index contributed by atoms with van der Waals surface area (Å²) < 4.78 is 44.4. The van der Waals surface area contributed by atoms with Gasteiger partial charge in [-0.2, -0.15) is 0 Å². The number of esters is 3. The van der Waals surface area contributed by atoms with Gasteiger partial charge >= 0.3 is 24.0 Å². The zero-order valence-electron chi connectivity index (χ0n) is 24.8. The molecule has 0 aliphatic carbocycles. The van der Waals surface area contributed by atoms with Crippen molar-refractivity contribution < 1.29 is 47.3 Å². The van der Waals surface area contributed by atoms with E-state index in [1.165, 1.54) is 32.9 Å². The van der Waals surface area contributed by atoms with Gasteiger partial charge in [-0.3, -0.25) is 14.4 Å². The molecule has 44 heavy (non-hydrogen) atoms. The topological polar surface area (TPSA) is 123 Å². The molecule has 3 heterocycles. The van der Waals surface area contributed by atoms with E-state index < -0.39 is 54.4 Å². The third kappa shape index (κ3) is 7.02. The van der Waals surface area contributed by atoms with Crippen LogP contribution < -0.4 is 0 Å². The highest BCUT2D eigenvalue weighted by atomic mass is 19.1. The van der Waals surface area contributed by atoms with E-state index in [9.17, 15) is 23.6 Å². The lowest BCUT2D eigenvalue weighted by molar-refractivity contribution is -0.239. The number of aromatic nitrogens is 1. The average molecular weight is 611 g/mol. The predicted octanol–water partition coefficient (Wildman–Crippen LogP) is 4.45. The number of amides is 1. The van der Waals surface area contributed by atoms with E-state index in [1.807, 2.05) is 30.3 Å². The highest BCUT2D eigenvalue weighted by Crippen LogP contribution is 2.36. The van der Waals surface area contributed by atoms with Gasteiger partial charge in [-0.1, -0.05) is 30.3 Å². The fourth-order valence-electron chi connectivity index (χ4n) is 5.98. The minimum atomic E-state index is -1.22.